The number of hydrogen-bond donors (Lipinski definition) is 3. The highest BCUT2D eigenvalue weighted by Crippen LogP contribution is 2.06. The first-order valence-electron chi connectivity index (χ1n) is 6.15. The van der Waals surface area contributed by atoms with Crippen LogP contribution in [0.1, 0.15) is 17.8 Å². The molecule has 0 atom stereocenters. The van der Waals surface area contributed by atoms with E-state index >= 15 is 0 Å². The van der Waals surface area contributed by atoms with E-state index in [-0.39, 0.29) is 11.6 Å². The Morgan fingerprint density at radius 1 is 1.30 bits per heavy atom. The molecular weight excluding hydrogens is 280 g/mol. The molecule has 0 bridgehead atoms. The minimum Gasteiger partial charge on any atom is -0.392 e. The summed E-state index contributed by atoms with van der Waals surface area (Å²) >= 11 is 0. The fourth-order valence-corrected chi connectivity index (χ4v) is 2.63. The molecule has 2 heterocycles. The number of rotatable bonds is 7. The van der Waals surface area contributed by atoms with Crippen molar-refractivity contribution in [3.05, 3.63) is 42.1 Å². The van der Waals surface area contributed by atoms with Gasteiger partial charge in [-0.15, -0.1) is 0 Å². The van der Waals surface area contributed by atoms with Gasteiger partial charge in [0.05, 0.1) is 6.61 Å². The Balaban J connectivity index is 1.86. The van der Waals surface area contributed by atoms with Crippen LogP contribution in [0, 0.1) is 0 Å². The van der Waals surface area contributed by atoms with Gasteiger partial charge in [-0.05, 0) is 18.1 Å². The molecule has 2 rings (SSSR count). The van der Waals surface area contributed by atoms with Crippen molar-refractivity contribution in [1.82, 2.24) is 19.7 Å². The summed E-state index contributed by atoms with van der Waals surface area (Å²) in [7, 11) is -3.60. The summed E-state index contributed by atoms with van der Waals surface area (Å²) in [6.07, 6.45) is 6.05. The minimum atomic E-state index is -3.60. The smallest absolute Gasteiger partial charge is 0.258 e. The van der Waals surface area contributed by atoms with Gasteiger partial charge in [-0.25, -0.2) is 23.1 Å². The molecule has 0 radical (unpaired) electrons. The number of nitrogens with one attached hydrogen (secondary N) is 2. The second-order valence-corrected chi connectivity index (χ2v) is 5.91. The maximum atomic E-state index is 11.9. The molecule has 0 aliphatic rings. The average molecular weight is 296 g/mol. The minimum absolute atomic E-state index is 0.0484. The third kappa shape index (κ3) is 3.86. The number of nitrogens with zero attached hydrogens (tertiary/aromatic N) is 2. The highest BCUT2D eigenvalue weighted by atomic mass is 32.2. The molecule has 20 heavy (non-hydrogen) atoms. The molecule has 3 N–H and O–H groups in total. The quantitative estimate of drug-likeness (QED) is 0.633. The van der Waals surface area contributed by atoms with Gasteiger partial charge in [-0.1, -0.05) is 6.07 Å². The summed E-state index contributed by atoms with van der Waals surface area (Å²) < 4.78 is 26.3. The van der Waals surface area contributed by atoms with Gasteiger partial charge < -0.3 is 10.1 Å². The molecule has 0 fully saturated rings. The lowest BCUT2D eigenvalue weighted by Crippen LogP contribution is -2.26. The number of aliphatic hydroxyl groups is 1. The van der Waals surface area contributed by atoms with Crippen LogP contribution in [0.5, 0.6) is 0 Å². The van der Waals surface area contributed by atoms with Gasteiger partial charge in [0.25, 0.3) is 10.0 Å². The molecule has 0 aliphatic heterocycles. The summed E-state index contributed by atoms with van der Waals surface area (Å²) in [6, 6.07) is 2.91. The molecule has 0 saturated carbocycles. The van der Waals surface area contributed by atoms with E-state index < -0.39 is 10.0 Å². The van der Waals surface area contributed by atoms with Crippen molar-refractivity contribution in [1.29, 1.82) is 0 Å². The normalized spacial score (nSPS) is 11.7. The fraction of sp³-hybridized carbons (Fsp3) is 0.333. The molecule has 7 nitrogen and oxygen atoms in total. The van der Waals surface area contributed by atoms with Gasteiger partial charge in [0.1, 0.15) is 5.82 Å². The topological polar surface area (TPSA) is 108 Å². The molecule has 8 heteroatoms. The molecule has 0 aliphatic carbocycles. The third-order valence-corrected chi connectivity index (χ3v) is 4.07. The highest BCUT2D eigenvalue weighted by Gasteiger charge is 2.14. The Morgan fingerprint density at radius 3 is 2.75 bits per heavy atom. The van der Waals surface area contributed by atoms with Crippen molar-refractivity contribution in [3.8, 4) is 0 Å². The second-order valence-electron chi connectivity index (χ2n) is 4.20. The molecule has 2 aromatic rings. The molecule has 0 unspecified atom stereocenters. The lowest BCUT2D eigenvalue weighted by molar-refractivity contribution is 0.281. The van der Waals surface area contributed by atoms with Crippen molar-refractivity contribution in [2.75, 3.05) is 6.54 Å². The van der Waals surface area contributed by atoms with E-state index in [4.69, 9.17) is 5.11 Å². The first kappa shape index (κ1) is 14.6. The summed E-state index contributed by atoms with van der Waals surface area (Å²) in [6.45, 7) is 0.149. The van der Waals surface area contributed by atoms with E-state index in [1.807, 2.05) is 0 Å². The third-order valence-electron chi connectivity index (χ3n) is 2.69. The zero-order valence-corrected chi connectivity index (χ0v) is 11.6. The van der Waals surface area contributed by atoms with E-state index in [0.29, 0.717) is 24.9 Å². The van der Waals surface area contributed by atoms with Gasteiger partial charge in [0.15, 0.2) is 5.03 Å². The van der Waals surface area contributed by atoms with Crippen molar-refractivity contribution < 1.29 is 13.5 Å². The first-order valence-corrected chi connectivity index (χ1v) is 7.64. The predicted molar refractivity (Wildman–Crippen MR) is 72.3 cm³/mol. The van der Waals surface area contributed by atoms with Crippen LogP contribution < -0.4 is 4.72 Å². The number of hydrogen-bond acceptors (Lipinski definition) is 5. The van der Waals surface area contributed by atoms with Crippen LogP contribution in [0.4, 0.5) is 0 Å². The van der Waals surface area contributed by atoms with Crippen LogP contribution in [0.3, 0.4) is 0 Å². The molecule has 108 valence electrons. The lowest BCUT2D eigenvalue weighted by Gasteiger charge is -2.06. The van der Waals surface area contributed by atoms with Gasteiger partial charge in [-0.3, -0.25) is 0 Å². The number of sulfonamides is 1. The van der Waals surface area contributed by atoms with Crippen LogP contribution in [-0.2, 0) is 23.1 Å². The van der Waals surface area contributed by atoms with Crippen molar-refractivity contribution in [2.45, 2.75) is 24.5 Å². The summed E-state index contributed by atoms with van der Waals surface area (Å²) in [5, 5.41) is 8.83. The maximum Gasteiger partial charge on any atom is 0.258 e. The molecule has 0 saturated heterocycles. The zero-order valence-electron chi connectivity index (χ0n) is 10.8. The number of aliphatic hydroxyl groups excluding tert-OH is 1. The van der Waals surface area contributed by atoms with E-state index in [9.17, 15) is 8.42 Å². The van der Waals surface area contributed by atoms with Gasteiger partial charge in [-0.2, -0.15) is 0 Å². The first-order chi connectivity index (χ1) is 9.62. The standard InChI is InChI=1S/C12H16N4O3S/c17-9-10-3-4-12(15-8-10)20(18,19)16-5-1-2-11-13-6-7-14-11/h3-4,6-8,16-17H,1-2,5,9H2,(H,13,14). The number of pyridine rings is 1. The summed E-state index contributed by atoms with van der Waals surface area (Å²) in [5.41, 5.74) is 0.571. The van der Waals surface area contributed by atoms with Crippen LogP contribution in [0.25, 0.3) is 0 Å². The number of aromatic amines is 1. The van der Waals surface area contributed by atoms with E-state index in [1.165, 1.54) is 18.3 Å². The largest absolute Gasteiger partial charge is 0.392 e. The molecule has 0 aromatic carbocycles. The zero-order chi connectivity index (χ0) is 14.4. The Kier molecular flexibility index (Phi) is 4.83. The van der Waals surface area contributed by atoms with Gasteiger partial charge >= 0.3 is 0 Å². The maximum absolute atomic E-state index is 11.9. The fourth-order valence-electron chi connectivity index (χ4n) is 1.63. The molecular formula is C12H16N4O3S. The van der Waals surface area contributed by atoms with E-state index in [1.54, 1.807) is 12.4 Å². The highest BCUT2D eigenvalue weighted by molar-refractivity contribution is 7.89. The molecule has 0 spiro atoms. The number of aromatic nitrogens is 3. The van der Waals surface area contributed by atoms with Crippen molar-refractivity contribution in [2.24, 2.45) is 0 Å². The van der Waals surface area contributed by atoms with E-state index in [0.717, 1.165) is 5.82 Å². The summed E-state index contributed by atoms with van der Waals surface area (Å²) in [5.74, 6) is 0.828. The second kappa shape index (κ2) is 6.60. The lowest BCUT2D eigenvalue weighted by atomic mass is 10.3. The van der Waals surface area contributed by atoms with Gasteiger partial charge in [0, 0.05) is 31.6 Å². The Labute approximate surface area is 117 Å². The van der Waals surface area contributed by atoms with Crippen LogP contribution >= 0.6 is 0 Å². The SMILES string of the molecule is O=S(=O)(NCCCc1ncc[nH]1)c1ccc(CO)cn1. The monoisotopic (exact) mass is 296 g/mol. The summed E-state index contributed by atoms with van der Waals surface area (Å²) in [4.78, 5) is 10.8. The Morgan fingerprint density at radius 2 is 2.15 bits per heavy atom. The van der Waals surface area contributed by atoms with E-state index in [2.05, 4.69) is 19.7 Å². The van der Waals surface area contributed by atoms with Crippen LogP contribution in [0.15, 0.2) is 35.7 Å². The van der Waals surface area contributed by atoms with Gasteiger partial charge in [0.2, 0.25) is 0 Å². The predicted octanol–water partition coefficient (Wildman–Crippen LogP) is 0.208. The van der Waals surface area contributed by atoms with Crippen LogP contribution in [-0.4, -0.2) is 35.0 Å². The number of aryl methyl sites for hydroxylation is 1. The van der Waals surface area contributed by atoms with Crippen molar-refractivity contribution in [3.63, 3.8) is 0 Å². The Bertz CT molecular complexity index is 623. The number of H-pyrrole nitrogens is 1. The average Bonchev–Trinajstić information content (AvgIpc) is 2.97. The molecule has 0 amide bonds. The van der Waals surface area contributed by atoms with Crippen LogP contribution in [0.2, 0.25) is 0 Å². The number of imidazole rings is 1. The molecule has 2 aromatic heterocycles. The van der Waals surface area contributed by atoms with Crippen molar-refractivity contribution >= 4 is 10.0 Å². The Hall–Kier alpha value is -1.77.